The van der Waals surface area contributed by atoms with Crippen LogP contribution < -0.4 is 0 Å². The van der Waals surface area contributed by atoms with Gasteiger partial charge in [0.2, 0.25) is 0 Å². The van der Waals surface area contributed by atoms with E-state index in [1.54, 1.807) is 0 Å². The minimum atomic E-state index is -0.207. The number of halogens is 1. The first kappa shape index (κ1) is 6.64. The largest absolute Gasteiger partial charge is 0.118 e. The van der Waals surface area contributed by atoms with Crippen LogP contribution in [0.1, 0.15) is 6.42 Å². The van der Waals surface area contributed by atoms with E-state index in [0.29, 0.717) is 0 Å². The molecule has 0 saturated carbocycles. The molecule has 46 valence electrons. The van der Waals surface area contributed by atoms with Crippen LogP contribution in [0.5, 0.6) is 0 Å². The highest BCUT2D eigenvalue weighted by Crippen LogP contribution is 2.26. The lowest BCUT2D eigenvalue weighted by molar-refractivity contribution is 0.931. The highest BCUT2D eigenvalue weighted by Gasteiger charge is 2.18. The lowest BCUT2D eigenvalue weighted by Gasteiger charge is -2.15. The van der Waals surface area contributed by atoms with Gasteiger partial charge in [0.25, 0.3) is 0 Å². The second-order valence-corrected chi connectivity index (χ2v) is 3.41. The topological polar surface area (TPSA) is 0 Å². The molecule has 1 heteroatoms. The Bertz CT molecular complexity index is 195. The summed E-state index contributed by atoms with van der Waals surface area (Å²) in [7, 11) is 0. The van der Waals surface area contributed by atoms with Crippen LogP contribution in [-0.2, 0) is 0 Å². The van der Waals surface area contributed by atoms with Crippen molar-refractivity contribution in [2.45, 2.75) is 10.7 Å². The van der Waals surface area contributed by atoms with E-state index in [-0.39, 0.29) is 4.32 Å². The maximum absolute atomic E-state index is 5.26. The van der Waals surface area contributed by atoms with Crippen LogP contribution in [0.2, 0.25) is 0 Å². The van der Waals surface area contributed by atoms with Gasteiger partial charge in [0.15, 0.2) is 0 Å². The van der Waals surface area contributed by atoms with Gasteiger partial charge in [-0.2, -0.15) is 0 Å². The molecule has 0 heterocycles. The molecular weight excluding hydrogens is 176 g/mol. The van der Waals surface area contributed by atoms with Crippen LogP contribution in [0, 0.1) is 12.3 Å². The second-order valence-electron chi connectivity index (χ2n) is 2.00. The fraction of sp³-hybridized carbons (Fsp3) is 0.250. The van der Waals surface area contributed by atoms with Gasteiger partial charge in [-0.3, -0.25) is 0 Å². The van der Waals surface area contributed by atoms with E-state index in [9.17, 15) is 0 Å². The average Bonchev–Trinajstić information content (AvgIpc) is 1.90. The van der Waals surface area contributed by atoms with Gasteiger partial charge in [0.1, 0.15) is 4.32 Å². The Morgan fingerprint density at radius 1 is 1.56 bits per heavy atom. The summed E-state index contributed by atoms with van der Waals surface area (Å²) in [6, 6.07) is 0. The summed E-state index contributed by atoms with van der Waals surface area (Å²) in [5, 5.41) is 0. The van der Waals surface area contributed by atoms with Gasteiger partial charge in [-0.05, 0) is 6.42 Å². The Kier molecular flexibility index (Phi) is 1.78. The molecule has 0 saturated heterocycles. The lowest BCUT2D eigenvalue weighted by Crippen LogP contribution is -2.13. The zero-order chi connectivity index (χ0) is 6.74. The highest BCUT2D eigenvalue weighted by molar-refractivity contribution is 9.10. The molecule has 0 bridgehead atoms. The van der Waals surface area contributed by atoms with Crippen molar-refractivity contribution in [2.75, 3.05) is 0 Å². The lowest BCUT2D eigenvalue weighted by atomic mass is 10.0. The van der Waals surface area contributed by atoms with Crippen LogP contribution in [0.15, 0.2) is 24.3 Å². The van der Waals surface area contributed by atoms with E-state index in [2.05, 4.69) is 27.9 Å². The number of alkyl halides is 1. The average molecular weight is 183 g/mol. The quantitative estimate of drug-likeness (QED) is 0.399. The summed E-state index contributed by atoms with van der Waals surface area (Å²) in [6.45, 7) is 0. The zero-order valence-corrected chi connectivity index (χ0v) is 6.56. The summed E-state index contributed by atoms with van der Waals surface area (Å²) in [5.74, 6) is 2.66. The molecule has 0 nitrogen and oxygen atoms in total. The van der Waals surface area contributed by atoms with E-state index >= 15 is 0 Å². The monoisotopic (exact) mass is 182 g/mol. The Balaban J connectivity index is 2.77. The van der Waals surface area contributed by atoms with Gasteiger partial charge in [0.05, 0.1) is 0 Å². The Morgan fingerprint density at radius 3 is 2.67 bits per heavy atom. The number of allylic oxidation sites excluding steroid dienone is 4. The van der Waals surface area contributed by atoms with Crippen molar-refractivity contribution < 1.29 is 0 Å². The molecule has 1 unspecified atom stereocenters. The summed E-state index contributed by atoms with van der Waals surface area (Å²) in [5.41, 5.74) is 0. The minimum absolute atomic E-state index is 0.207. The third-order valence-corrected chi connectivity index (χ3v) is 2.08. The first-order chi connectivity index (χ1) is 4.27. The number of rotatable bonds is 0. The molecule has 0 N–H and O–H groups in total. The molecule has 0 radical (unpaired) electrons. The Hall–Kier alpha value is -0.480. The van der Waals surface area contributed by atoms with Gasteiger partial charge >= 0.3 is 0 Å². The second kappa shape index (κ2) is 2.41. The van der Waals surface area contributed by atoms with Gasteiger partial charge in [-0.1, -0.05) is 46.2 Å². The smallest absolute Gasteiger partial charge is 0.108 e. The van der Waals surface area contributed by atoms with E-state index in [1.807, 2.05) is 18.2 Å². The fourth-order valence-corrected chi connectivity index (χ4v) is 1.04. The van der Waals surface area contributed by atoms with Gasteiger partial charge in [0, 0.05) is 0 Å². The van der Waals surface area contributed by atoms with Crippen molar-refractivity contribution in [3.63, 3.8) is 0 Å². The van der Waals surface area contributed by atoms with Crippen LogP contribution >= 0.6 is 15.9 Å². The standard InChI is InChI=1S/C8H7Br/c1-2-8(9)6-4-3-5-7-8/h1,3-6H,7H2. The Labute approximate surface area is 63.8 Å². The van der Waals surface area contributed by atoms with E-state index in [4.69, 9.17) is 6.42 Å². The molecule has 0 aromatic carbocycles. The number of hydrogen-bond donors (Lipinski definition) is 0. The van der Waals surface area contributed by atoms with Crippen LogP contribution in [0.3, 0.4) is 0 Å². The van der Waals surface area contributed by atoms with Gasteiger partial charge in [-0.25, -0.2) is 0 Å². The predicted octanol–water partition coefficient (Wildman–Crippen LogP) is 2.27. The van der Waals surface area contributed by atoms with Gasteiger partial charge < -0.3 is 0 Å². The van der Waals surface area contributed by atoms with Crippen LogP contribution in [0.4, 0.5) is 0 Å². The maximum atomic E-state index is 5.26. The molecule has 0 amide bonds. The zero-order valence-electron chi connectivity index (χ0n) is 4.97. The van der Waals surface area contributed by atoms with Crippen LogP contribution in [0.25, 0.3) is 0 Å². The molecule has 1 aliphatic rings. The summed E-state index contributed by atoms with van der Waals surface area (Å²) in [6.07, 6.45) is 14.1. The first-order valence-corrected chi connectivity index (χ1v) is 3.57. The molecule has 1 rings (SSSR count). The molecule has 0 aromatic rings. The predicted molar refractivity (Wildman–Crippen MR) is 43.4 cm³/mol. The summed E-state index contributed by atoms with van der Waals surface area (Å²) in [4.78, 5) is 0. The van der Waals surface area contributed by atoms with Crippen molar-refractivity contribution in [1.29, 1.82) is 0 Å². The molecular formula is C8H7Br. The molecule has 0 fully saturated rings. The van der Waals surface area contributed by atoms with E-state index in [1.165, 1.54) is 0 Å². The molecule has 1 aliphatic carbocycles. The first-order valence-electron chi connectivity index (χ1n) is 2.78. The molecule has 0 aromatic heterocycles. The van der Waals surface area contributed by atoms with Crippen molar-refractivity contribution in [3.05, 3.63) is 24.3 Å². The summed E-state index contributed by atoms with van der Waals surface area (Å²) >= 11 is 3.42. The fourth-order valence-electron chi connectivity index (χ4n) is 0.701. The van der Waals surface area contributed by atoms with Crippen molar-refractivity contribution in [3.8, 4) is 12.3 Å². The summed E-state index contributed by atoms with van der Waals surface area (Å²) < 4.78 is -0.207. The molecule has 9 heavy (non-hydrogen) atoms. The molecule has 0 spiro atoms. The molecule has 0 aliphatic heterocycles. The number of terminal acetylenes is 1. The SMILES string of the molecule is C#CC1(Br)C=CC=CC1. The van der Waals surface area contributed by atoms with Crippen molar-refractivity contribution in [1.82, 2.24) is 0 Å². The van der Waals surface area contributed by atoms with Crippen molar-refractivity contribution >= 4 is 15.9 Å². The van der Waals surface area contributed by atoms with E-state index in [0.717, 1.165) is 6.42 Å². The maximum Gasteiger partial charge on any atom is 0.108 e. The third-order valence-electron chi connectivity index (χ3n) is 1.26. The van der Waals surface area contributed by atoms with E-state index < -0.39 is 0 Å². The van der Waals surface area contributed by atoms with Gasteiger partial charge in [-0.15, -0.1) is 6.42 Å². The minimum Gasteiger partial charge on any atom is -0.118 e. The Morgan fingerprint density at radius 2 is 2.33 bits per heavy atom. The molecule has 1 atom stereocenters. The van der Waals surface area contributed by atoms with Crippen LogP contribution in [-0.4, -0.2) is 4.32 Å². The number of hydrogen-bond acceptors (Lipinski definition) is 0. The normalized spacial score (nSPS) is 32.0. The third kappa shape index (κ3) is 1.46. The highest BCUT2D eigenvalue weighted by atomic mass is 79.9. The van der Waals surface area contributed by atoms with Crippen molar-refractivity contribution in [2.24, 2.45) is 0 Å².